The van der Waals surface area contributed by atoms with Crippen LogP contribution in [0.25, 0.3) is 0 Å². The van der Waals surface area contributed by atoms with Crippen LogP contribution in [-0.2, 0) is 0 Å². The molecule has 0 bridgehead atoms. The molecule has 0 aromatic heterocycles. The summed E-state index contributed by atoms with van der Waals surface area (Å²) >= 11 is 0. The lowest BCUT2D eigenvalue weighted by atomic mass is 10.4. The van der Waals surface area contributed by atoms with Gasteiger partial charge in [0.25, 0.3) is 0 Å². The summed E-state index contributed by atoms with van der Waals surface area (Å²) in [6, 6.07) is 0. The summed E-state index contributed by atoms with van der Waals surface area (Å²) in [5, 5.41) is 24.7. The highest BCUT2D eigenvalue weighted by Crippen LogP contribution is 1.78. The van der Waals surface area contributed by atoms with Gasteiger partial charge >= 0.3 is 0 Å². The van der Waals surface area contributed by atoms with Crippen molar-refractivity contribution in [3.05, 3.63) is 10.1 Å². The van der Waals surface area contributed by atoms with Crippen molar-refractivity contribution in [3.63, 3.8) is 0 Å². The molecule has 6 heteroatoms. The molecule has 14 heavy (non-hydrogen) atoms. The Kier molecular flexibility index (Phi) is 49.0. The fourth-order valence-corrected chi connectivity index (χ4v) is 0.158. The van der Waals surface area contributed by atoms with Crippen LogP contribution in [0.3, 0.4) is 0 Å². The fraction of sp³-hybridized carbons (Fsp3) is 1.00. The molecule has 0 aromatic rings. The van der Waals surface area contributed by atoms with Crippen molar-refractivity contribution in [2.45, 2.75) is 33.1 Å². The molecule has 0 rings (SSSR count). The molecule has 90 valence electrons. The summed E-state index contributed by atoms with van der Waals surface area (Å²) in [5.74, 6) is 0. The smallest absolute Gasteiger partial charge is 0.194 e. The molecule has 0 saturated carbocycles. The van der Waals surface area contributed by atoms with Crippen LogP contribution < -0.4 is 0 Å². The summed E-state index contributed by atoms with van der Waals surface area (Å²) in [5.41, 5.74) is 0. The van der Waals surface area contributed by atoms with E-state index in [1.807, 2.05) is 6.92 Å². The Morgan fingerprint density at radius 1 is 1.14 bits per heavy atom. The molecule has 6 nitrogen and oxygen atoms in total. The van der Waals surface area contributed by atoms with E-state index in [0.29, 0.717) is 13.2 Å². The van der Waals surface area contributed by atoms with Gasteiger partial charge in [0.15, 0.2) is 7.05 Å². The average molecular weight is 213 g/mol. The SMILES string of the molecule is CCCCO.CCCO.C[N+](=O)[O-].O. The molecule has 0 fully saturated rings. The van der Waals surface area contributed by atoms with E-state index in [9.17, 15) is 0 Å². The van der Waals surface area contributed by atoms with Crippen molar-refractivity contribution in [1.29, 1.82) is 0 Å². The summed E-state index contributed by atoms with van der Waals surface area (Å²) in [6.07, 6.45) is 2.91. The van der Waals surface area contributed by atoms with E-state index in [2.05, 4.69) is 6.92 Å². The Bertz CT molecular complexity index is 81.8. The summed E-state index contributed by atoms with van der Waals surface area (Å²) in [4.78, 5) is 8.31. The van der Waals surface area contributed by atoms with Gasteiger partial charge in [-0.05, 0) is 12.8 Å². The van der Waals surface area contributed by atoms with Crippen LogP contribution >= 0.6 is 0 Å². The fourth-order valence-electron chi connectivity index (χ4n) is 0.158. The van der Waals surface area contributed by atoms with E-state index >= 15 is 0 Å². The third-order valence-corrected chi connectivity index (χ3v) is 0.735. The standard InChI is InChI=1S/C4H10O.C3H8O.CH3NO2.H2O/c1-2-3-4-5;1-2-3-4;1-2(3)4;/h5H,2-4H2,1H3;4H,2-3H2,1H3;1H3;1H2. The van der Waals surface area contributed by atoms with Crippen LogP contribution in [0.2, 0.25) is 0 Å². The highest BCUT2D eigenvalue weighted by molar-refractivity contribution is 4.23. The van der Waals surface area contributed by atoms with E-state index in [4.69, 9.17) is 20.3 Å². The molecular weight excluding hydrogens is 190 g/mol. The lowest BCUT2D eigenvalue weighted by Gasteiger charge is -1.79. The minimum atomic E-state index is -0.500. The van der Waals surface area contributed by atoms with Gasteiger partial charge in [-0.3, -0.25) is 10.1 Å². The molecule has 0 atom stereocenters. The van der Waals surface area contributed by atoms with Crippen LogP contribution in [0.5, 0.6) is 0 Å². The van der Waals surface area contributed by atoms with Gasteiger partial charge in [0.1, 0.15) is 0 Å². The van der Waals surface area contributed by atoms with Crippen LogP contribution in [0.15, 0.2) is 0 Å². The van der Waals surface area contributed by atoms with E-state index < -0.39 is 4.92 Å². The quantitative estimate of drug-likeness (QED) is 0.516. The molecule has 0 saturated heterocycles. The van der Waals surface area contributed by atoms with E-state index in [-0.39, 0.29) is 5.48 Å². The predicted molar refractivity (Wildman–Crippen MR) is 55.9 cm³/mol. The number of nitro groups is 1. The maximum absolute atomic E-state index is 8.81. The molecular formula is C8H23NO5. The topological polar surface area (TPSA) is 115 Å². The van der Waals surface area contributed by atoms with Gasteiger partial charge in [0.2, 0.25) is 0 Å². The lowest BCUT2D eigenvalue weighted by Crippen LogP contribution is -1.79. The Labute approximate surface area is 85.0 Å². The van der Waals surface area contributed by atoms with E-state index in [0.717, 1.165) is 26.3 Å². The summed E-state index contributed by atoms with van der Waals surface area (Å²) in [7, 11) is 0.889. The third kappa shape index (κ3) is 229. The molecule has 0 spiro atoms. The zero-order valence-electron chi connectivity index (χ0n) is 9.19. The van der Waals surface area contributed by atoms with E-state index in [1.165, 1.54) is 0 Å². The van der Waals surface area contributed by atoms with Crippen LogP contribution in [0.1, 0.15) is 33.1 Å². The van der Waals surface area contributed by atoms with Gasteiger partial charge in [0, 0.05) is 18.1 Å². The highest BCUT2D eigenvalue weighted by atomic mass is 16.6. The van der Waals surface area contributed by atoms with E-state index in [1.54, 1.807) is 0 Å². The molecule has 0 aliphatic carbocycles. The van der Waals surface area contributed by atoms with Crippen molar-refractivity contribution < 1.29 is 20.6 Å². The molecule has 0 unspecified atom stereocenters. The lowest BCUT2D eigenvalue weighted by molar-refractivity contribution is -0.445. The first-order valence-corrected chi connectivity index (χ1v) is 4.36. The summed E-state index contributed by atoms with van der Waals surface area (Å²) < 4.78 is 0. The van der Waals surface area contributed by atoms with Gasteiger partial charge in [-0.15, -0.1) is 0 Å². The normalized spacial score (nSPS) is 6.93. The van der Waals surface area contributed by atoms with Crippen LogP contribution in [0.4, 0.5) is 0 Å². The second-order valence-corrected chi connectivity index (χ2v) is 2.24. The highest BCUT2D eigenvalue weighted by Gasteiger charge is 1.69. The van der Waals surface area contributed by atoms with Gasteiger partial charge < -0.3 is 15.7 Å². The first-order chi connectivity index (χ1) is 6.06. The largest absolute Gasteiger partial charge is 0.412 e. The number of aliphatic hydroxyl groups excluding tert-OH is 2. The molecule has 0 heterocycles. The number of hydrogen-bond acceptors (Lipinski definition) is 4. The van der Waals surface area contributed by atoms with Crippen LogP contribution in [-0.4, -0.2) is 40.9 Å². The van der Waals surface area contributed by atoms with Crippen LogP contribution in [0, 0.1) is 10.1 Å². The molecule has 0 radical (unpaired) electrons. The molecule has 0 aromatic carbocycles. The van der Waals surface area contributed by atoms with Gasteiger partial charge in [-0.1, -0.05) is 20.3 Å². The minimum Gasteiger partial charge on any atom is -0.412 e. The second-order valence-electron chi connectivity index (χ2n) is 2.24. The number of rotatable bonds is 3. The molecule has 4 N–H and O–H groups in total. The Hall–Kier alpha value is -0.720. The van der Waals surface area contributed by atoms with Crippen molar-refractivity contribution in [2.75, 3.05) is 20.3 Å². The number of unbranched alkanes of at least 4 members (excludes halogenated alkanes) is 1. The Balaban J connectivity index is -0.0000000522. The number of aliphatic hydroxyl groups is 2. The first kappa shape index (κ1) is 23.3. The molecule has 0 amide bonds. The number of nitrogens with zero attached hydrogens (tertiary/aromatic N) is 1. The first-order valence-electron chi connectivity index (χ1n) is 4.36. The Morgan fingerprint density at radius 2 is 1.43 bits per heavy atom. The zero-order chi connectivity index (χ0) is 11.1. The second kappa shape index (κ2) is 29.5. The summed E-state index contributed by atoms with van der Waals surface area (Å²) in [6.45, 7) is 4.65. The van der Waals surface area contributed by atoms with Crippen molar-refractivity contribution >= 4 is 0 Å². The molecule has 0 aliphatic rings. The van der Waals surface area contributed by atoms with Gasteiger partial charge in [-0.25, -0.2) is 0 Å². The molecule has 0 aliphatic heterocycles. The average Bonchev–Trinajstić information content (AvgIpc) is 2.05. The monoisotopic (exact) mass is 213 g/mol. The minimum absolute atomic E-state index is 0. The zero-order valence-corrected chi connectivity index (χ0v) is 9.19. The van der Waals surface area contributed by atoms with Crippen molar-refractivity contribution in [1.82, 2.24) is 0 Å². The predicted octanol–water partition coefficient (Wildman–Crippen LogP) is 0.236. The third-order valence-electron chi connectivity index (χ3n) is 0.735. The Morgan fingerprint density at radius 3 is 1.43 bits per heavy atom. The van der Waals surface area contributed by atoms with Crippen molar-refractivity contribution in [2.24, 2.45) is 0 Å². The maximum Gasteiger partial charge on any atom is 0.194 e. The van der Waals surface area contributed by atoms with Gasteiger partial charge in [-0.2, -0.15) is 0 Å². The number of hydrogen-bond donors (Lipinski definition) is 2. The maximum atomic E-state index is 8.81. The van der Waals surface area contributed by atoms with Gasteiger partial charge in [0.05, 0.1) is 0 Å². The van der Waals surface area contributed by atoms with Crippen molar-refractivity contribution in [3.8, 4) is 0 Å².